The lowest BCUT2D eigenvalue weighted by Crippen LogP contribution is -2.05. The number of hydrogen-bond acceptors (Lipinski definition) is 1. The van der Waals surface area contributed by atoms with Crippen LogP contribution in [0.3, 0.4) is 0 Å². The number of halogens is 3. The standard InChI is InChI=1S/C14H19F3.CH5N/c1-3-5-11(6-4-2)12-7-9-13(10-8-12)14(15,16)17;1-2/h7-11H,3-6H2,1-2H3;2H2,1H3. The van der Waals surface area contributed by atoms with Crippen LogP contribution in [0.4, 0.5) is 13.2 Å². The van der Waals surface area contributed by atoms with Gasteiger partial charge in [0.05, 0.1) is 5.56 Å². The van der Waals surface area contributed by atoms with Crippen LogP contribution in [-0.4, -0.2) is 7.05 Å². The predicted octanol–water partition coefficient (Wildman–Crippen LogP) is 4.96. The summed E-state index contributed by atoms with van der Waals surface area (Å²) in [4.78, 5) is 0. The van der Waals surface area contributed by atoms with Gasteiger partial charge in [0.1, 0.15) is 0 Å². The van der Waals surface area contributed by atoms with Crippen molar-refractivity contribution < 1.29 is 13.2 Å². The van der Waals surface area contributed by atoms with Gasteiger partial charge in [0.15, 0.2) is 0 Å². The maximum Gasteiger partial charge on any atom is 0.416 e. The van der Waals surface area contributed by atoms with Gasteiger partial charge >= 0.3 is 6.18 Å². The minimum atomic E-state index is -4.23. The van der Waals surface area contributed by atoms with Crippen molar-refractivity contribution in [1.82, 2.24) is 0 Å². The third-order valence-electron chi connectivity index (χ3n) is 2.98. The molecule has 0 aliphatic carbocycles. The summed E-state index contributed by atoms with van der Waals surface area (Å²) in [7, 11) is 1.50. The first-order chi connectivity index (χ1) is 8.99. The van der Waals surface area contributed by atoms with E-state index >= 15 is 0 Å². The highest BCUT2D eigenvalue weighted by Crippen LogP contribution is 2.32. The van der Waals surface area contributed by atoms with Crippen molar-refractivity contribution in [2.24, 2.45) is 5.73 Å². The first kappa shape index (κ1) is 18.0. The summed E-state index contributed by atoms with van der Waals surface area (Å²) in [6.45, 7) is 4.21. The molecule has 1 aromatic carbocycles. The van der Waals surface area contributed by atoms with E-state index in [9.17, 15) is 13.2 Å². The molecule has 0 heterocycles. The summed E-state index contributed by atoms with van der Waals surface area (Å²) >= 11 is 0. The molecular formula is C15H24F3N. The Labute approximate surface area is 114 Å². The van der Waals surface area contributed by atoms with E-state index in [0.717, 1.165) is 31.2 Å². The zero-order valence-corrected chi connectivity index (χ0v) is 11.9. The van der Waals surface area contributed by atoms with E-state index in [1.54, 1.807) is 12.1 Å². The second-order valence-corrected chi connectivity index (χ2v) is 4.39. The fraction of sp³-hybridized carbons (Fsp3) is 0.600. The van der Waals surface area contributed by atoms with Gasteiger partial charge in [0.2, 0.25) is 0 Å². The lowest BCUT2D eigenvalue weighted by molar-refractivity contribution is -0.137. The molecule has 0 unspecified atom stereocenters. The average molecular weight is 275 g/mol. The van der Waals surface area contributed by atoms with Crippen LogP contribution < -0.4 is 5.73 Å². The largest absolute Gasteiger partial charge is 0.416 e. The molecule has 110 valence electrons. The summed E-state index contributed by atoms with van der Waals surface area (Å²) in [5, 5.41) is 0. The number of nitrogens with two attached hydrogens (primary N) is 1. The Morgan fingerprint density at radius 1 is 0.947 bits per heavy atom. The Morgan fingerprint density at radius 2 is 1.37 bits per heavy atom. The van der Waals surface area contributed by atoms with E-state index in [1.165, 1.54) is 19.2 Å². The molecular weight excluding hydrogens is 251 g/mol. The summed E-state index contributed by atoms with van der Waals surface area (Å²) in [6, 6.07) is 5.62. The van der Waals surface area contributed by atoms with Crippen molar-refractivity contribution in [3.05, 3.63) is 35.4 Å². The molecule has 1 aromatic rings. The minimum Gasteiger partial charge on any atom is -0.333 e. The molecule has 0 amide bonds. The van der Waals surface area contributed by atoms with E-state index in [4.69, 9.17) is 0 Å². The topological polar surface area (TPSA) is 26.0 Å². The molecule has 19 heavy (non-hydrogen) atoms. The molecule has 0 aliphatic rings. The molecule has 2 N–H and O–H groups in total. The highest BCUT2D eigenvalue weighted by atomic mass is 19.4. The maximum absolute atomic E-state index is 12.4. The lowest BCUT2D eigenvalue weighted by atomic mass is 9.90. The first-order valence-electron chi connectivity index (χ1n) is 6.74. The van der Waals surface area contributed by atoms with Gasteiger partial charge in [-0.1, -0.05) is 38.8 Å². The second kappa shape index (κ2) is 8.97. The third kappa shape index (κ3) is 6.10. The number of benzene rings is 1. The maximum atomic E-state index is 12.4. The highest BCUT2D eigenvalue weighted by Gasteiger charge is 2.30. The van der Waals surface area contributed by atoms with Crippen LogP contribution in [0.5, 0.6) is 0 Å². The SMILES string of the molecule is CCCC(CCC)c1ccc(C(F)(F)F)cc1.CN. The van der Waals surface area contributed by atoms with Crippen molar-refractivity contribution >= 4 is 0 Å². The van der Waals surface area contributed by atoms with Crippen LogP contribution in [0, 0.1) is 0 Å². The number of rotatable bonds is 5. The zero-order valence-electron chi connectivity index (χ0n) is 11.9. The molecule has 0 saturated heterocycles. The van der Waals surface area contributed by atoms with Gasteiger partial charge < -0.3 is 5.73 Å². The molecule has 1 nitrogen and oxygen atoms in total. The molecule has 0 radical (unpaired) electrons. The average Bonchev–Trinajstić information content (AvgIpc) is 2.40. The van der Waals surface area contributed by atoms with E-state index in [-0.39, 0.29) is 0 Å². The van der Waals surface area contributed by atoms with Crippen LogP contribution in [-0.2, 0) is 6.18 Å². The van der Waals surface area contributed by atoms with Gasteiger partial charge in [0, 0.05) is 0 Å². The molecule has 0 saturated carbocycles. The Hall–Kier alpha value is -1.03. The Kier molecular flexibility index (Phi) is 8.48. The number of hydrogen-bond donors (Lipinski definition) is 1. The minimum absolute atomic E-state index is 0.396. The smallest absolute Gasteiger partial charge is 0.333 e. The van der Waals surface area contributed by atoms with E-state index in [1.807, 2.05) is 0 Å². The van der Waals surface area contributed by atoms with Gasteiger partial charge in [-0.05, 0) is 43.5 Å². The second-order valence-electron chi connectivity index (χ2n) is 4.39. The molecule has 0 atom stereocenters. The fourth-order valence-corrected chi connectivity index (χ4v) is 2.12. The fourth-order valence-electron chi connectivity index (χ4n) is 2.12. The van der Waals surface area contributed by atoms with E-state index in [2.05, 4.69) is 19.6 Å². The molecule has 0 aromatic heterocycles. The quantitative estimate of drug-likeness (QED) is 0.807. The first-order valence-corrected chi connectivity index (χ1v) is 6.74. The van der Waals surface area contributed by atoms with Crippen LogP contribution in [0.1, 0.15) is 56.6 Å². The molecule has 0 bridgehead atoms. The van der Waals surface area contributed by atoms with Gasteiger partial charge in [-0.3, -0.25) is 0 Å². The number of alkyl halides is 3. The van der Waals surface area contributed by atoms with Gasteiger partial charge in [-0.25, -0.2) is 0 Å². The molecule has 0 aliphatic heterocycles. The van der Waals surface area contributed by atoms with Crippen LogP contribution in [0.2, 0.25) is 0 Å². The van der Waals surface area contributed by atoms with Gasteiger partial charge in [-0.2, -0.15) is 13.2 Å². The van der Waals surface area contributed by atoms with E-state index in [0.29, 0.717) is 5.92 Å². The zero-order chi connectivity index (χ0) is 14.9. The lowest BCUT2D eigenvalue weighted by Gasteiger charge is -2.16. The van der Waals surface area contributed by atoms with Crippen LogP contribution in [0.25, 0.3) is 0 Å². The molecule has 1 rings (SSSR count). The molecule has 0 spiro atoms. The van der Waals surface area contributed by atoms with Crippen molar-refractivity contribution in [3.8, 4) is 0 Å². The molecule has 4 heteroatoms. The summed E-state index contributed by atoms with van der Waals surface area (Å²) in [6.07, 6.45) is -0.0284. The van der Waals surface area contributed by atoms with Crippen molar-refractivity contribution in [1.29, 1.82) is 0 Å². The predicted molar refractivity (Wildman–Crippen MR) is 74.1 cm³/mol. The monoisotopic (exact) mass is 275 g/mol. The summed E-state index contributed by atoms with van der Waals surface area (Å²) < 4.78 is 37.3. The van der Waals surface area contributed by atoms with Crippen LogP contribution in [0.15, 0.2) is 24.3 Å². The Bertz CT molecular complexity index is 324. The highest BCUT2D eigenvalue weighted by molar-refractivity contribution is 5.27. The Balaban J connectivity index is 0.00000154. The third-order valence-corrected chi connectivity index (χ3v) is 2.98. The van der Waals surface area contributed by atoms with Gasteiger partial charge in [0.25, 0.3) is 0 Å². The van der Waals surface area contributed by atoms with Crippen molar-refractivity contribution in [2.45, 2.75) is 51.6 Å². The van der Waals surface area contributed by atoms with Crippen molar-refractivity contribution in [2.75, 3.05) is 7.05 Å². The Morgan fingerprint density at radius 3 is 1.68 bits per heavy atom. The summed E-state index contributed by atoms with van der Waals surface area (Å²) in [5.41, 5.74) is 4.97. The molecule has 0 fully saturated rings. The van der Waals surface area contributed by atoms with Crippen molar-refractivity contribution in [3.63, 3.8) is 0 Å². The normalized spacial score (nSPS) is 11.2. The summed E-state index contributed by atoms with van der Waals surface area (Å²) in [5.74, 6) is 0.396. The van der Waals surface area contributed by atoms with Crippen LogP contribution >= 0.6 is 0 Å². The van der Waals surface area contributed by atoms with E-state index < -0.39 is 11.7 Å². The van der Waals surface area contributed by atoms with Gasteiger partial charge in [-0.15, -0.1) is 0 Å².